The monoisotopic (exact) mass is 494 g/mol. The Morgan fingerprint density at radius 3 is 2.38 bits per heavy atom. The molecule has 1 aliphatic heterocycles. The van der Waals surface area contributed by atoms with Crippen LogP contribution in [-0.4, -0.2) is 50.7 Å². The first-order valence-electron chi connectivity index (χ1n) is 13.6. The molecule has 7 nitrogen and oxygen atoms in total. The van der Waals surface area contributed by atoms with Gasteiger partial charge in [0.1, 0.15) is 29.3 Å². The quantitative estimate of drug-likeness (QED) is 0.387. The van der Waals surface area contributed by atoms with Crippen molar-refractivity contribution in [3.8, 4) is 22.6 Å². The lowest BCUT2D eigenvalue weighted by Gasteiger charge is -2.42. The molecule has 1 saturated heterocycles. The zero-order valence-electron chi connectivity index (χ0n) is 21.1. The largest absolute Gasteiger partial charge is 0.457 e. The molecule has 4 aromatic rings. The predicted octanol–water partition coefficient (Wildman–Crippen LogP) is 5.39. The molecule has 0 radical (unpaired) electrons. The van der Waals surface area contributed by atoms with Crippen LogP contribution in [0, 0.1) is 0 Å². The topological polar surface area (TPSA) is 81.2 Å². The molecule has 3 heterocycles. The Morgan fingerprint density at radius 1 is 0.892 bits per heavy atom. The molecular formula is C30H34N6O. The van der Waals surface area contributed by atoms with Crippen LogP contribution in [0.1, 0.15) is 44.6 Å². The van der Waals surface area contributed by atoms with Crippen LogP contribution in [0.25, 0.3) is 22.2 Å². The molecule has 3 fully saturated rings. The van der Waals surface area contributed by atoms with Crippen molar-refractivity contribution in [3.63, 3.8) is 0 Å². The van der Waals surface area contributed by atoms with E-state index in [4.69, 9.17) is 15.5 Å². The summed E-state index contributed by atoms with van der Waals surface area (Å²) in [4.78, 5) is 11.8. The molecule has 2 aromatic carbocycles. The number of para-hydroxylation sites is 1. The minimum absolute atomic E-state index is 0.431. The Bertz CT molecular complexity index is 1390. The number of nitrogens with two attached hydrogens (primary N) is 1. The summed E-state index contributed by atoms with van der Waals surface area (Å²) in [5.74, 6) is 2.17. The van der Waals surface area contributed by atoms with E-state index in [0.29, 0.717) is 23.4 Å². The van der Waals surface area contributed by atoms with E-state index < -0.39 is 0 Å². The zero-order valence-corrected chi connectivity index (χ0v) is 21.1. The highest BCUT2D eigenvalue weighted by molar-refractivity contribution is 6.00. The highest BCUT2D eigenvalue weighted by Gasteiger charge is 2.46. The first kappa shape index (κ1) is 22.8. The summed E-state index contributed by atoms with van der Waals surface area (Å²) < 4.78 is 8.36. The molecule has 7 heteroatoms. The van der Waals surface area contributed by atoms with Gasteiger partial charge in [-0.1, -0.05) is 30.3 Å². The molecule has 0 amide bonds. The zero-order chi connectivity index (χ0) is 24.8. The highest BCUT2D eigenvalue weighted by atomic mass is 16.5. The lowest BCUT2D eigenvalue weighted by molar-refractivity contribution is 0.0977. The van der Waals surface area contributed by atoms with E-state index in [1.807, 2.05) is 42.5 Å². The van der Waals surface area contributed by atoms with Crippen molar-refractivity contribution in [2.45, 2.75) is 56.1 Å². The smallest absolute Gasteiger partial charge is 0.146 e. The van der Waals surface area contributed by atoms with E-state index in [2.05, 4.69) is 38.1 Å². The number of benzene rings is 2. The summed E-state index contributed by atoms with van der Waals surface area (Å²) in [7, 11) is 0. The van der Waals surface area contributed by atoms with Gasteiger partial charge in [-0.3, -0.25) is 4.90 Å². The van der Waals surface area contributed by atoms with Crippen LogP contribution in [-0.2, 0) is 0 Å². The number of nitrogen functional groups attached to an aromatic ring is 1. The van der Waals surface area contributed by atoms with Crippen LogP contribution in [0.3, 0.4) is 0 Å². The lowest BCUT2D eigenvalue weighted by Crippen LogP contribution is -2.56. The van der Waals surface area contributed by atoms with Crippen LogP contribution >= 0.6 is 0 Å². The number of anilines is 1. The molecule has 0 unspecified atom stereocenters. The fraction of sp³-hybridized carbons (Fsp3) is 0.400. The molecular weight excluding hydrogens is 460 g/mol. The molecule has 7 rings (SSSR count). The van der Waals surface area contributed by atoms with Gasteiger partial charge >= 0.3 is 0 Å². The van der Waals surface area contributed by atoms with E-state index in [1.54, 1.807) is 6.33 Å². The van der Waals surface area contributed by atoms with Gasteiger partial charge in [0, 0.05) is 49.0 Å². The van der Waals surface area contributed by atoms with Gasteiger partial charge in [-0.25, -0.2) is 9.97 Å². The second kappa shape index (κ2) is 9.15. The van der Waals surface area contributed by atoms with Gasteiger partial charge in [0.15, 0.2) is 0 Å². The van der Waals surface area contributed by atoms with Crippen LogP contribution in [0.2, 0.25) is 0 Å². The fourth-order valence-electron chi connectivity index (χ4n) is 6.42. The third kappa shape index (κ3) is 4.36. The van der Waals surface area contributed by atoms with E-state index in [-0.39, 0.29) is 0 Å². The Kier molecular flexibility index (Phi) is 5.63. The van der Waals surface area contributed by atoms with Gasteiger partial charge in [0.05, 0.1) is 5.39 Å². The Hall–Kier alpha value is -3.42. The van der Waals surface area contributed by atoms with Gasteiger partial charge in [-0.2, -0.15) is 0 Å². The summed E-state index contributed by atoms with van der Waals surface area (Å²) in [6.07, 6.45) is 11.3. The molecule has 0 atom stereocenters. The van der Waals surface area contributed by atoms with Crippen molar-refractivity contribution in [3.05, 3.63) is 67.1 Å². The third-order valence-corrected chi connectivity index (χ3v) is 8.62. The van der Waals surface area contributed by atoms with Gasteiger partial charge in [-0.05, 0) is 68.4 Å². The van der Waals surface area contributed by atoms with Crippen molar-refractivity contribution in [2.24, 2.45) is 0 Å². The summed E-state index contributed by atoms with van der Waals surface area (Å²) >= 11 is 0. The summed E-state index contributed by atoms with van der Waals surface area (Å²) in [5.41, 5.74) is 9.97. The Labute approximate surface area is 217 Å². The highest BCUT2D eigenvalue weighted by Crippen LogP contribution is 2.42. The fourth-order valence-corrected chi connectivity index (χ4v) is 6.42. The van der Waals surface area contributed by atoms with E-state index >= 15 is 0 Å². The normalized spacial score (nSPS) is 23.4. The van der Waals surface area contributed by atoms with Crippen molar-refractivity contribution in [2.75, 3.05) is 25.4 Å². The number of fused-ring (bicyclic) bond motifs is 1. The average molecular weight is 495 g/mol. The van der Waals surface area contributed by atoms with E-state index in [1.165, 1.54) is 51.6 Å². The minimum Gasteiger partial charge on any atom is -0.457 e. The Balaban J connectivity index is 1.12. The summed E-state index contributed by atoms with van der Waals surface area (Å²) in [6, 6.07) is 19.2. The minimum atomic E-state index is 0.431. The molecule has 0 bridgehead atoms. The molecule has 2 saturated carbocycles. The second-order valence-electron chi connectivity index (χ2n) is 11.0. The van der Waals surface area contributed by atoms with Crippen LogP contribution < -0.4 is 15.8 Å². The van der Waals surface area contributed by atoms with Crippen molar-refractivity contribution in [1.82, 2.24) is 24.8 Å². The van der Waals surface area contributed by atoms with Crippen molar-refractivity contribution in [1.29, 1.82) is 0 Å². The number of aromatic nitrogens is 3. The van der Waals surface area contributed by atoms with Gasteiger partial charge in [0.2, 0.25) is 0 Å². The SMILES string of the molecule is Nc1ncnc2c1c(-c1ccc(Oc3ccccc3)cc1)cn2C1CCC(N2CCNC3(CC3)C2)CC1. The molecule has 3 aliphatic rings. The molecule has 2 aromatic heterocycles. The summed E-state index contributed by atoms with van der Waals surface area (Å²) in [6.45, 7) is 3.55. The van der Waals surface area contributed by atoms with Crippen LogP contribution in [0.5, 0.6) is 11.5 Å². The maximum Gasteiger partial charge on any atom is 0.146 e. The number of hydrogen-bond donors (Lipinski definition) is 2. The Morgan fingerprint density at radius 2 is 1.62 bits per heavy atom. The maximum absolute atomic E-state index is 6.42. The number of hydrogen-bond acceptors (Lipinski definition) is 6. The molecule has 2 aliphatic carbocycles. The van der Waals surface area contributed by atoms with Gasteiger partial charge in [0.25, 0.3) is 0 Å². The van der Waals surface area contributed by atoms with Crippen molar-refractivity contribution < 1.29 is 4.74 Å². The first-order chi connectivity index (χ1) is 18.2. The van der Waals surface area contributed by atoms with Gasteiger partial charge < -0.3 is 20.4 Å². The van der Waals surface area contributed by atoms with E-state index in [9.17, 15) is 0 Å². The van der Waals surface area contributed by atoms with Gasteiger partial charge in [-0.15, -0.1) is 0 Å². The lowest BCUT2D eigenvalue weighted by atomic mass is 9.89. The standard InChI is InChI=1S/C30H34N6O/c31-28-27-26(21-6-12-25(13-7-21)37-24-4-2-1-3-5-24)18-36(29(27)33-20-32-28)23-10-8-22(9-11-23)35-17-16-34-30(19-35)14-15-30/h1-7,12-13,18,20,22-23,34H,8-11,14-17,19H2,(H2,31,32,33). The van der Waals surface area contributed by atoms with Crippen LogP contribution in [0.4, 0.5) is 5.82 Å². The second-order valence-corrected chi connectivity index (χ2v) is 11.0. The number of ether oxygens (including phenoxy) is 1. The number of nitrogens with zero attached hydrogens (tertiary/aromatic N) is 4. The molecule has 1 spiro atoms. The average Bonchev–Trinajstić information content (AvgIpc) is 3.56. The molecule has 3 N–H and O–H groups in total. The molecule has 37 heavy (non-hydrogen) atoms. The van der Waals surface area contributed by atoms with Crippen molar-refractivity contribution >= 4 is 16.9 Å². The summed E-state index contributed by atoms with van der Waals surface area (Å²) in [5, 5.41) is 4.70. The maximum atomic E-state index is 6.42. The third-order valence-electron chi connectivity index (χ3n) is 8.62. The van der Waals surface area contributed by atoms with Crippen LogP contribution in [0.15, 0.2) is 67.1 Å². The number of nitrogens with one attached hydrogen (secondary N) is 1. The van der Waals surface area contributed by atoms with E-state index in [0.717, 1.165) is 40.2 Å². The molecule has 190 valence electrons. The first-order valence-corrected chi connectivity index (χ1v) is 13.6. The number of piperazine rings is 1. The number of rotatable bonds is 5. The predicted molar refractivity (Wildman–Crippen MR) is 147 cm³/mol.